The van der Waals surface area contributed by atoms with E-state index in [9.17, 15) is 19.8 Å². The number of fused-ring (bicyclic) bond motifs is 1. The highest BCUT2D eigenvalue weighted by Crippen LogP contribution is 2.32. The molecule has 1 aliphatic rings. The van der Waals surface area contributed by atoms with Gasteiger partial charge in [0, 0.05) is 17.8 Å². The third-order valence-corrected chi connectivity index (χ3v) is 6.22. The van der Waals surface area contributed by atoms with Crippen LogP contribution >= 0.6 is 0 Å². The lowest BCUT2D eigenvalue weighted by molar-refractivity contribution is -0.137. The number of rotatable bonds is 6. The van der Waals surface area contributed by atoms with Crippen molar-refractivity contribution < 1.29 is 29.3 Å². The number of aliphatic hydroxyl groups excluding tert-OH is 2. The molecule has 4 aromatic rings. The molecule has 2 aromatic carbocycles. The number of urea groups is 1. The zero-order chi connectivity index (χ0) is 28.9. The van der Waals surface area contributed by atoms with E-state index in [4.69, 9.17) is 9.47 Å². The molecule has 13 nitrogen and oxygen atoms in total. The van der Waals surface area contributed by atoms with Gasteiger partial charge in [0.1, 0.15) is 18.0 Å². The average molecular weight is 558 g/mol. The molecule has 5 rings (SSSR count). The lowest BCUT2D eigenvalue weighted by atomic mass is 10.1. The van der Waals surface area contributed by atoms with Gasteiger partial charge in [-0.05, 0) is 49.2 Å². The van der Waals surface area contributed by atoms with Crippen molar-refractivity contribution in [2.45, 2.75) is 31.5 Å². The molecular formula is C28H27N7O6. The molecule has 1 fully saturated rings. The topological polar surface area (TPSA) is 173 Å². The first-order valence-electron chi connectivity index (χ1n) is 12.7. The Kier molecular flexibility index (Phi) is 8.06. The monoisotopic (exact) mass is 557 g/mol. The van der Waals surface area contributed by atoms with Crippen molar-refractivity contribution >= 4 is 34.6 Å². The first-order valence-corrected chi connectivity index (χ1v) is 12.7. The molecule has 0 unspecified atom stereocenters. The summed E-state index contributed by atoms with van der Waals surface area (Å²) >= 11 is 0. The number of nitrogens with one attached hydrogen (secondary N) is 3. The number of benzene rings is 2. The predicted octanol–water partition coefficient (Wildman–Crippen LogP) is 1.63. The van der Waals surface area contributed by atoms with E-state index in [0.717, 1.165) is 5.56 Å². The van der Waals surface area contributed by atoms with E-state index in [0.29, 0.717) is 18.0 Å². The molecule has 5 N–H and O–H groups in total. The molecule has 3 amide bonds. The van der Waals surface area contributed by atoms with Crippen LogP contribution in [0.5, 0.6) is 5.75 Å². The number of nitrogens with zero attached hydrogens (tertiary/aromatic N) is 4. The lowest BCUT2D eigenvalue weighted by Crippen LogP contribution is -2.42. The average Bonchev–Trinajstić information content (AvgIpc) is 3.53. The van der Waals surface area contributed by atoms with E-state index >= 15 is 0 Å². The van der Waals surface area contributed by atoms with Gasteiger partial charge in [-0.25, -0.2) is 19.7 Å². The Hall–Kier alpha value is -5.03. The van der Waals surface area contributed by atoms with Crippen molar-refractivity contribution in [3.8, 4) is 17.6 Å². The zero-order valence-electron chi connectivity index (χ0n) is 22.1. The standard InChI is InChI=1S/C28H27N7O6/c1-3-29-26(38)23-21(36)22(37)27(41-23)35-15-30-20-24(34-28(39)31-17-10-12-18(40-2)13-11-17)32-19(33-25(20)35)14-9-16-7-5-4-6-8-16/h4-8,10-13,15,21-23,27,36-37H,3H2,1-2H3,(H,29,38)(H2,31,32,33,34,39)/t21-,22+,23-,27+/m0/s1. The van der Waals surface area contributed by atoms with Crippen LogP contribution in [0.2, 0.25) is 0 Å². The fraction of sp³-hybridized carbons (Fsp3) is 0.250. The van der Waals surface area contributed by atoms with Gasteiger partial charge in [0.2, 0.25) is 5.82 Å². The third kappa shape index (κ3) is 5.94. The molecule has 41 heavy (non-hydrogen) atoms. The molecule has 0 spiro atoms. The second-order valence-electron chi connectivity index (χ2n) is 8.97. The summed E-state index contributed by atoms with van der Waals surface area (Å²) in [6.07, 6.45) is -4.14. The maximum atomic E-state index is 12.9. The molecule has 3 heterocycles. The van der Waals surface area contributed by atoms with Crippen molar-refractivity contribution in [3.05, 3.63) is 72.3 Å². The Bertz CT molecular complexity index is 1610. The molecular weight excluding hydrogens is 530 g/mol. The Labute approximate surface area is 234 Å². The van der Waals surface area contributed by atoms with Gasteiger partial charge in [0.25, 0.3) is 5.91 Å². The van der Waals surface area contributed by atoms with E-state index < -0.39 is 36.5 Å². The van der Waals surface area contributed by atoms with Crippen molar-refractivity contribution in [1.82, 2.24) is 24.8 Å². The highest BCUT2D eigenvalue weighted by molar-refractivity contribution is 6.03. The van der Waals surface area contributed by atoms with Gasteiger partial charge >= 0.3 is 6.03 Å². The highest BCUT2D eigenvalue weighted by Gasteiger charge is 2.47. The molecule has 1 saturated heterocycles. The number of amides is 3. The number of anilines is 2. The van der Waals surface area contributed by atoms with E-state index in [2.05, 4.69) is 42.7 Å². The summed E-state index contributed by atoms with van der Waals surface area (Å²) in [4.78, 5) is 38.5. The second-order valence-corrected chi connectivity index (χ2v) is 8.97. The first kappa shape index (κ1) is 27.5. The number of hydrogen-bond acceptors (Lipinski definition) is 9. The molecule has 0 radical (unpaired) electrons. The van der Waals surface area contributed by atoms with Crippen LogP contribution in [-0.2, 0) is 9.53 Å². The van der Waals surface area contributed by atoms with Gasteiger partial charge in [-0.1, -0.05) is 24.1 Å². The van der Waals surface area contributed by atoms with Crippen LogP contribution in [0.15, 0.2) is 60.9 Å². The number of likely N-dealkylation sites (N-methyl/N-ethyl adjacent to an activating group) is 1. The van der Waals surface area contributed by atoms with Gasteiger partial charge in [-0.3, -0.25) is 14.7 Å². The molecule has 210 valence electrons. The van der Waals surface area contributed by atoms with Gasteiger partial charge in [-0.2, -0.15) is 0 Å². The molecule has 13 heteroatoms. The minimum atomic E-state index is -1.49. The van der Waals surface area contributed by atoms with Gasteiger partial charge < -0.3 is 30.3 Å². The van der Waals surface area contributed by atoms with Crippen LogP contribution in [0.3, 0.4) is 0 Å². The Morgan fingerprint density at radius 1 is 1.02 bits per heavy atom. The van der Waals surface area contributed by atoms with Gasteiger partial charge in [0.15, 0.2) is 29.3 Å². The number of methoxy groups -OCH3 is 1. The maximum absolute atomic E-state index is 12.9. The largest absolute Gasteiger partial charge is 0.497 e. The number of imidazole rings is 1. The lowest BCUT2D eigenvalue weighted by Gasteiger charge is -2.16. The van der Waals surface area contributed by atoms with Gasteiger partial charge in [-0.15, -0.1) is 0 Å². The van der Waals surface area contributed by atoms with E-state index in [1.165, 1.54) is 10.9 Å². The number of carbonyl (C=O) groups is 2. The van der Waals surface area contributed by atoms with Crippen LogP contribution in [0.1, 0.15) is 24.5 Å². The minimum Gasteiger partial charge on any atom is -0.497 e. The Morgan fingerprint density at radius 2 is 1.78 bits per heavy atom. The van der Waals surface area contributed by atoms with Crippen LogP contribution < -0.4 is 20.7 Å². The summed E-state index contributed by atoms with van der Waals surface area (Å²) in [6, 6.07) is 15.3. The molecule has 0 aliphatic carbocycles. The molecule has 0 saturated carbocycles. The molecule has 4 atom stereocenters. The highest BCUT2D eigenvalue weighted by atomic mass is 16.6. The van der Waals surface area contributed by atoms with E-state index in [-0.39, 0.29) is 22.8 Å². The summed E-state index contributed by atoms with van der Waals surface area (Å²) in [5.41, 5.74) is 1.56. The number of carbonyl (C=O) groups excluding carboxylic acids is 2. The van der Waals surface area contributed by atoms with Crippen LogP contribution in [0, 0.1) is 11.8 Å². The van der Waals surface area contributed by atoms with Crippen LogP contribution in [-0.4, -0.2) is 73.6 Å². The third-order valence-electron chi connectivity index (χ3n) is 6.22. The van der Waals surface area contributed by atoms with Crippen molar-refractivity contribution in [3.63, 3.8) is 0 Å². The van der Waals surface area contributed by atoms with E-state index in [1.807, 2.05) is 30.3 Å². The SMILES string of the molecule is CCNC(=O)[C@H]1O[C@@H](n2cnc3c(NC(=O)Nc4ccc(OC)cc4)nc(C#Cc4ccccc4)nc32)[C@H](O)[C@@H]1O. The molecule has 2 aromatic heterocycles. The quantitative estimate of drug-likeness (QED) is 0.221. The van der Waals surface area contributed by atoms with Crippen LogP contribution in [0.25, 0.3) is 11.2 Å². The summed E-state index contributed by atoms with van der Waals surface area (Å²) < 4.78 is 12.3. The number of aliphatic hydroxyl groups is 2. The fourth-order valence-corrected chi connectivity index (χ4v) is 4.22. The molecule has 1 aliphatic heterocycles. The zero-order valence-corrected chi connectivity index (χ0v) is 22.1. The predicted molar refractivity (Wildman–Crippen MR) is 148 cm³/mol. The van der Waals surface area contributed by atoms with Gasteiger partial charge in [0.05, 0.1) is 13.4 Å². The number of ether oxygens (including phenoxy) is 2. The smallest absolute Gasteiger partial charge is 0.324 e. The van der Waals surface area contributed by atoms with Crippen molar-refractivity contribution in [1.29, 1.82) is 0 Å². The second kappa shape index (κ2) is 12.0. The van der Waals surface area contributed by atoms with Crippen LogP contribution in [0.4, 0.5) is 16.3 Å². The Balaban J connectivity index is 1.50. The first-order chi connectivity index (χ1) is 19.9. The molecule has 0 bridgehead atoms. The normalized spacial score (nSPS) is 19.7. The van der Waals surface area contributed by atoms with Crippen molar-refractivity contribution in [2.24, 2.45) is 0 Å². The maximum Gasteiger partial charge on any atom is 0.324 e. The summed E-state index contributed by atoms with van der Waals surface area (Å²) in [6.45, 7) is 2.05. The fourth-order valence-electron chi connectivity index (χ4n) is 4.22. The number of aromatic nitrogens is 4. The Morgan fingerprint density at radius 3 is 2.49 bits per heavy atom. The summed E-state index contributed by atoms with van der Waals surface area (Å²) in [5, 5.41) is 29.2. The number of hydrogen-bond donors (Lipinski definition) is 5. The minimum absolute atomic E-state index is 0.0467. The summed E-state index contributed by atoms with van der Waals surface area (Å²) in [5.74, 6) is 6.03. The summed E-state index contributed by atoms with van der Waals surface area (Å²) in [7, 11) is 1.54. The van der Waals surface area contributed by atoms with E-state index in [1.54, 1.807) is 38.3 Å². The van der Waals surface area contributed by atoms with Crippen molar-refractivity contribution in [2.75, 3.05) is 24.3 Å².